The Bertz CT molecular complexity index is 7730. The molecule has 23 rings (SSSR count). The van der Waals surface area contributed by atoms with Crippen molar-refractivity contribution < 1.29 is 14.3 Å². The number of benzene rings is 21. The van der Waals surface area contributed by atoms with Gasteiger partial charge in [0.2, 0.25) is 0 Å². The van der Waals surface area contributed by atoms with Crippen LogP contribution in [0.15, 0.2) is 567 Å². The molecule has 0 atom stereocenters. The van der Waals surface area contributed by atoms with E-state index < -0.39 is 24.2 Å². The Morgan fingerprint density at radius 2 is 0.383 bits per heavy atom. The first-order valence-corrected chi connectivity index (χ1v) is 51.3. The molecule has 0 bridgehead atoms. The molecular weight excluding hydrogens is 1660 g/mol. The number of anilines is 6. The molecule has 21 aromatic carbocycles. The number of hydrogen-bond acceptors (Lipinski definition) is 4. The first-order valence-electron chi connectivity index (χ1n) is 47.3. The van der Waals surface area contributed by atoms with Crippen molar-refractivity contribution in [2.75, 3.05) is 9.80 Å². The summed E-state index contributed by atoms with van der Waals surface area (Å²) in [5.74, 6) is 0. The van der Waals surface area contributed by atoms with Crippen LogP contribution in [-0.4, -0.2) is 24.2 Å². The van der Waals surface area contributed by atoms with Crippen LogP contribution in [0.25, 0.3) is 88.4 Å². The molecule has 0 saturated carbocycles. The lowest BCUT2D eigenvalue weighted by molar-refractivity contribution is 0.670. The molecule has 630 valence electrons. The zero-order chi connectivity index (χ0) is 92.2. The summed E-state index contributed by atoms with van der Waals surface area (Å²) in [6, 6.07) is 190. The average Bonchev–Trinajstić information content (AvgIpc) is 0.905. The van der Waals surface area contributed by atoms with Crippen LogP contribution in [0.5, 0.6) is 0 Å². The Morgan fingerprint density at radius 3 is 0.662 bits per heavy atom. The Hall–Kier alpha value is -16.5. The average molecular weight is 1750 g/mol. The van der Waals surface area contributed by atoms with Crippen molar-refractivity contribution in [3.63, 3.8) is 0 Å². The molecule has 0 amide bonds. The van der Waals surface area contributed by atoms with Crippen LogP contribution in [0.2, 0.25) is 0 Å². The number of hydrogen-bond donors (Lipinski definition) is 0. The van der Waals surface area contributed by atoms with Crippen molar-refractivity contribution in [3.05, 3.63) is 558 Å². The van der Waals surface area contributed by atoms with Gasteiger partial charge >= 0.3 is 0 Å². The molecule has 2 aromatic heterocycles. The largest absolute Gasteiger partial charge is 0.453 e. The number of para-hydroxylation sites is 4. The van der Waals surface area contributed by atoms with Gasteiger partial charge in [-0.05, 0) is 156 Å². The molecule has 0 spiro atoms. The van der Waals surface area contributed by atoms with E-state index in [0.717, 1.165) is 110 Å². The smallest absolute Gasteiger partial charge is 0.179 e. The Kier molecular flexibility index (Phi) is 21.3. The summed E-state index contributed by atoms with van der Waals surface area (Å²) in [4.78, 5) is 4.33. The molecule has 0 aliphatic rings. The highest BCUT2D eigenvalue weighted by Crippen LogP contribution is 2.47. The molecule has 0 fully saturated rings. The fourth-order valence-electron chi connectivity index (χ4n) is 20.2. The van der Waals surface area contributed by atoms with Gasteiger partial charge in [-0.3, -0.25) is 0 Å². The molecule has 23 aromatic rings. The minimum absolute atomic E-state index is 0.0757. The predicted octanol–water partition coefficient (Wildman–Crippen LogP) is 24.9. The van der Waals surface area contributed by atoms with Gasteiger partial charge in [-0.1, -0.05) is 497 Å². The number of nitrogens with zero attached hydrogens (tertiary/aromatic N) is 2. The molecular formula is C126H92N2O2Si3. The quantitative estimate of drug-likeness (QED) is 0.0500. The zero-order valence-corrected chi connectivity index (χ0v) is 76.0. The van der Waals surface area contributed by atoms with Gasteiger partial charge in [0.05, 0.1) is 16.9 Å². The third kappa shape index (κ3) is 15.1. The molecule has 133 heavy (non-hydrogen) atoms. The maximum atomic E-state index is 10.1. The van der Waals surface area contributed by atoms with Crippen LogP contribution < -0.4 is 72.0 Å². The first kappa shape index (κ1) is 77.6. The Labute approximate surface area is 785 Å². The summed E-state index contributed by atoms with van der Waals surface area (Å²) in [6.07, 6.45) is 0. The van der Waals surface area contributed by atoms with Crippen LogP contribution in [0.1, 0.15) is 5.48 Å². The minimum Gasteiger partial charge on any atom is -0.453 e. The van der Waals surface area contributed by atoms with E-state index in [4.69, 9.17) is 8.83 Å². The third-order valence-electron chi connectivity index (χ3n) is 26.2. The maximum absolute atomic E-state index is 10.1. The van der Waals surface area contributed by atoms with E-state index in [1.54, 1.807) is 0 Å². The lowest BCUT2D eigenvalue weighted by Crippen LogP contribution is -2.78. The van der Waals surface area contributed by atoms with Gasteiger partial charge in [0.25, 0.3) is 0 Å². The molecule has 0 N–H and O–H groups in total. The summed E-state index contributed by atoms with van der Waals surface area (Å²) in [5, 5.41) is 17.7. The summed E-state index contributed by atoms with van der Waals surface area (Å²) < 4.78 is 54.7. The highest BCUT2D eigenvalue weighted by atomic mass is 28.3. The molecule has 2 heterocycles. The van der Waals surface area contributed by atoms with Gasteiger partial charge < -0.3 is 18.6 Å². The summed E-state index contributed by atoms with van der Waals surface area (Å²) in [6.45, 7) is 0. The third-order valence-corrected chi connectivity index (χ3v) is 40.3. The molecule has 7 heteroatoms. The van der Waals surface area contributed by atoms with E-state index in [-0.39, 0.29) is 29.9 Å². The van der Waals surface area contributed by atoms with Crippen molar-refractivity contribution >= 4 is 164 Å². The van der Waals surface area contributed by atoms with Gasteiger partial charge in [-0.15, -0.1) is 0 Å². The van der Waals surface area contributed by atoms with E-state index >= 15 is 0 Å². The highest BCUT2D eigenvalue weighted by molar-refractivity contribution is 7.22. The van der Waals surface area contributed by atoms with E-state index in [0.29, 0.717) is 22.1 Å². The van der Waals surface area contributed by atoms with Crippen molar-refractivity contribution in [2.24, 2.45) is 0 Å². The van der Waals surface area contributed by atoms with Gasteiger partial charge in [0.1, 0.15) is 11.2 Å². The Morgan fingerprint density at radius 1 is 0.158 bits per heavy atom. The van der Waals surface area contributed by atoms with E-state index in [2.05, 4.69) is 399 Å². The highest BCUT2D eigenvalue weighted by Gasteiger charge is 2.47. The van der Waals surface area contributed by atoms with Crippen LogP contribution in [0, 0.1) is 0 Å². The number of fused-ring (bicyclic) bond motifs is 6. The van der Waals surface area contributed by atoms with E-state index in [9.17, 15) is 5.48 Å². The van der Waals surface area contributed by atoms with Crippen molar-refractivity contribution in [3.8, 4) is 44.5 Å². The van der Waals surface area contributed by atoms with Crippen LogP contribution >= 0.6 is 0 Å². The summed E-state index contributed by atoms with van der Waals surface area (Å²) in [5.41, 5.74) is 16.0. The second-order valence-electron chi connectivity index (χ2n) is 33.6. The monoisotopic (exact) mass is 1750 g/mol. The van der Waals surface area contributed by atoms with Crippen molar-refractivity contribution in [1.29, 1.82) is 0 Å². The molecule has 0 saturated heterocycles. The van der Waals surface area contributed by atoms with Gasteiger partial charge in [-0.2, -0.15) is 0 Å². The summed E-state index contributed by atoms with van der Waals surface area (Å²) >= 11 is 0. The van der Waals surface area contributed by atoms with Crippen molar-refractivity contribution in [1.82, 2.24) is 0 Å². The standard InChI is InChI=1S/C72H53NOSi2.C54H39NOSi/c1-9-27-54(28-10-1)55-47-49-57(50-48-55)73(70-46-26-45-69-68-44-25-43-67(71(68)74-72(69)70)56-29-11-2-12-30-56)58-51-65(75(59-31-13-3-14-32-59,60-33-15-4-16-34-60)61-35-17-5-18-36-61)53-66(52-58)76(62-37-19-6-20-38-62,63-39-21-7-22-40-63)64-41-23-8-24-42-64;1-6-18-40(19-7-1)41-32-34-43(35-33-41)55(52-31-17-30-51-50-29-16-28-49(53(50)56-54(51)52)42-20-8-2-9-21-42)44-36-38-48(39-37-44)57(45-22-10-3-11-23-45,46-24-12-4-13-25-46)47-26-14-5-15-27-47/h1-53H;1-39H/i;36D,37D,38D,39D. The second-order valence-corrected chi connectivity index (χ2v) is 45.0. The van der Waals surface area contributed by atoms with Crippen LogP contribution in [0.3, 0.4) is 0 Å². The van der Waals surface area contributed by atoms with E-state index in [1.165, 1.54) is 47.1 Å². The lowest BCUT2D eigenvalue weighted by atomic mass is 10.0. The fourth-order valence-corrected chi connectivity index (χ4v) is 34.5. The predicted molar refractivity (Wildman–Crippen MR) is 569 cm³/mol. The fraction of sp³-hybridized carbons (Fsp3) is 0. The van der Waals surface area contributed by atoms with Crippen LogP contribution in [-0.2, 0) is 0 Å². The van der Waals surface area contributed by atoms with Crippen molar-refractivity contribution in [2.45, 2.75) is 0 Å². The SMILES string of the molecule is [2H]c1c([2H])c([Si](c2ccccc2)(c2ccccc2)c2ccccc2)c([2H])c([2H])c1N(c1ccc(-c2ccccc2)cc1)c1cccc2c1oc1c(-c3ccccc3)cccc12.c1ccc(-c2ccc(N(c3cc([Si](c4ccccc4)(c4ccccc4)c4ccccc4)cc([Si](c4ccccc4)(c4ccccc4)c4ccccc4)c3)c3cccc4c3oc3c(-c5ccccc5)cccc34)cc2)cc1. The molecule has 0 unspecified atom stereocenters. The van der Waals surface area contributed by atoms with Gasteiger partial charge in [0.15, 0.2) is 35.4 Å². The minimum atomic E-state index is -3.47. The molecule has 0 aliphatic heterocycles. The topological polar surface area (TPSA) is 32.8 Å². The number of rotatable bonds is 22. The second kappa shape index (κ2) is 36.5. The lowest BCUT2D eigenvalue weighted by Gasteiger charge is -2.39. The van der Waals surface area contributed by atoms with Crippen LogP contribution in [0.4, 0.5) is 34.1 Å². The van der Waals surface area contributed by atoms with Gasteiger partial charge in [-0.25, -0.2) is 0 Å². The maximum Gasteiger partial charge on any atom is 0.179 e. The molecule has 0 aliphatic carbocycles. The van der Waals surface area contributed by atoms with E-state index in [1.807, 2.05) is 144 Å². The van der Waals surface area contributed by atoms with Gasteiger partial charge in [0, 0.05) is 55.4 Å². The summed E-state index contributed by atoms with van der Waals surface area (Å²) in [7, 11) is -9.87. The first-order chi connectivity index (χ1) is 67.7. The Balaban J connectivity index is 0.000000162. The zero-order valence-electron chi connectivity index (χ0n) is 77.0. The number of furan rings is 2. The molecule has 0 radical (unpaired) electrons. The molecule has 4 nitrogen and oxygen atoms in total. The normalized spacial score (nSPS) is 12.0.